The molecule has 4 aliphatic carbocycles. The van der Waals surface area contributed by atoms with Crippen molar-refractivity contribution in [1.29, 1.82) is 0 Å². The maximum Gasteiger partial charge on any atom is 0.306 e. The Labute approximate surface area is 108 Å². The fourth-order valence-electron chi connectivity index (χ4n) is 7.22. The highest BCUT2D eigenvalue weighted by Crippen LogP contribution is 2.74. The lowest BCUT2D eigenvalue weighted by Crippen LogP contribution is -2.41. The molecule has 8 atom stereocenters. The third kappa shape index (κ3) is 0.981. The average Bonchev–Trinajstić information content (AvgIpc) is 3.04. The average molecular weight is 246 g/mol. The summed E-state index contributed by atoms with van der Waals surface area (Å²) in [6.45, 7) is 3.23. The van der Waals surface area contributed by atoms with Crippen molar-refractivity contribution in [1.82, 2.24) is 0 Å². The minimum absolute atomic E-state index is 0.0793. The number of rotatable bonds is 0. The molecule has 4 bridgehead atoms. The van der Waals surface area contributed by atoms with E-state index in [9.17, 15) is 4.79 Å². The van der Waals surface area contributed by atoms with Gasteiger partial charge in [-0.1, -0.05) is 6.92 Å². The molecular formula is C16H22O2. The maximum absolute atomic E-state index is 11.6. The molecule has 0 aromatic carbocycles. The van der Waals surface area contributed by atoms with E-state index >= 15 is 0 Å². The van der Waals surface area contributed by atoms with E-state index in [0.29, 0.717) is 0 Å². The molecule has 0 aromatic heterocycles. The number of cyclic esters (lactones) is 1. The van der Waals surface area contributed by atoms with Crippen LogP contribution in [0.1, 0.15) is 39.0 Å². The van der Waals surface area contributed by atoms with Gasteiger partial charge in [-0.3, -0.25) is 4.79 Å². The molecule has 18 heavy (non-hydrogen) atoms. The van der Waals surface area contributed by atoms with Crippen LogP contribution in [0.25, 0.3) is 0 Å². The predicted octanol–water partition coefficient (Wildman–Crippen LogP) is 2.87. The summed E-state index contributed by atoms with van der Waals surface area (Å²) in [4.78, 5) is 11.6. The minimum atomic E-state index is 0.0793. The molecule has 1 spiro atoms. The van der Waals surface area contributed by atoms with Gasteiger partial charge in [-0.05, 0) is 67.1 Å². The standard InChI is InChI=1S/C16H22O2/c1-8-2-9-3-11(8)14-10-4-12(15(9)14)16(5-10)6-13(17)18-7-16/h8-12,14-15H,2-7H2,1H3/t8?,9?,10?,11-,12?,14?,15?,16?/m1/s1. The molecule has 5 rings (SSSR count). The Morgan fingerprint density at radius 1 is 1.17 bits per heavy atom. The summed E-state index contributed by atoms with van der Waals surface area (Å²) < 4.78 is 5.35. The van der Waals surface area contributed by atoms with Crippen molar-refractivity contribution in [3.05, 3.63) is 0 Å². The zero-order chi connectivity index (χ0) is 12.1. The van der Waals surface area contributed by atoms with Crippen LogP contribution < -0.4 is 0 Å². The van der Waals surface area contributed by atoms with E-state index in [1.807, 2.05) is 0 Å². The summed E-state index contributed by atoms with van der Waals surface area (Å²) in [6, 6.07) is 0. The van der Waals surface area contributed by atoms with Crippen molar-refractivity contribution in [2.45, 2.75) is 39.0 Å². The maximum atomic E-state index is 11.6. The molecular weight excluding hydrogens is 224 g/mol. The highest BCUT2D eigenvalue weighted by atomic mass is 16.5. The van der Waals surface area contributed by atoms with Gasteiger partial charge in [0.1, 0.15) is 0 Å². The fourth-order valence-corrected chi connectivity index (χ4v) is 7.22. The van der Waals surface area contributed by atoms with Crippen molar-refractivity contribution in [2.75, 3.05) is 6.61 Å². The van der Waals surface area contributed by atoms with Gasteiger partial charge in [0, 0.05) is 5.41 Å². The van der Waals surface area contributed by atoms with Gasteiger partial charge in [-0.2, -0.15) is 0 Å². The van der Waals surface area contributed by atoms with Crippen molar-refractivity contribution in [3.63, 3.8) is 0 Å². The van der Waals surface area contributed by atoms with Crippen LogP contribution in [0.3, 0.4) is 0 Å². The third-order valence-electron chi connectivity index (χ3n) is 7.50. The number of esters is 1. The summed E-state index contributed by atoms with van der Waals surface area (Å²) in [5.41, 5.74) is 0.288. The summed E-state index contributed by atoms with van der Waals surface area (Å²) in [5, 5.41) is 0. The Hall–Kier alpha value is -0.530. The smallest absolute Gasteiger partial charge is 0.306 e. The van der Waals surface area contributed by atoms with Crippen LogP contribution in [0, 0.1) is 46.8 Å². The van der Waals surface area contributed by atoms with Crippen LogP contribution in [0.2, 0.25) is 0 Å². The molecule has 4 saturated carbocycles. The van der Waals surface area contributed by atoms with Gasteiger partial charge in [0.2, 0.25) is 0 Å². The topological polar surface area (TPSA) is 26.3 Å². The number of hydrogen-bond acceptors (Lipinski definition) is 2. The first-order valence-electron chi connectivity index (χ1n) is 7.83. The van der Waals surface area contributed by atoms with Crippen LogP contribution >= 0.6 is 0 Å². The second-order valence-electron chi connectivity index (χ2n) is 8.03. The van der Waals surface area contributed by atoms with Gasteiger partial charge >= 0.3 is 5.97 Å². The summed E-state index contributed by atoms with van der Waals surface area (Å²) in [6.07, 6.45) is 6.45. The highest BCUT2D eigenvalue weighted by molar-refractivity contribution is 5.72. The van der Waals surface area contributed by atoms with Gasteiger partial charge in [0.05, 0.1) is 13.0 Å². The first kappa shape index (κ1) is 10.3. The van der Waals surface area contributed by atoms with Gasteiger partial charge in [-0.25, -0.2) is 0 Å². The molecule has 5 fully saturated rings. The van der Waals surface area contributed by atoms with E-state index < -0.39 is 0 Å². The molecule has 0 radical (unpaired) electrons. The fraction of sp³-hybridized carbons (Fsp3) is 0.938. The molecule has 1 heterocycles. The summed E-state index contributed by atoms with van der Waals surface area (Å²) >= 11 is 0. The largest absolute Gasteiger partial charge is 0.465 e. The monoisotopic (exact) mass is 246 g/mol. The Morgan fingerprint density at radius 2 is 2.06 bits per heavy atom. The summed E-state index contributed by atoms with van der Waals surface area (Å²) in [7, 11) is 0. The van der Waals surface area contributed by atoms with Crippen LogP contribution in [0.15, 0.2) is 0 Å². The Kier molecular flexibility index (Phi) is 1.69. The SMILES string of the molecule is CC1CC2C[C@H]1C1C3CC(C21)C1(COC(=O)C1)C3. The first-order chi connectivity index (χ1) is 8.68. The van der Waals surface area contributed by atoms with Crippen LogP contribution in [0.4, 0.5) is 0 Å². The number of carbonyl (C=O) groups is 1. The van der Waals surface area contributed by atoms with Crippen molar-refractivity contribution >= 4 is 5.97 Å². The molecule has 1 saturated heterocycles. The van der Waals surface area contributed by atoms with E-state index in [1.165, 1.54) is 25.7 Å². The number of hydrogen-bond donors (Lipinski definition) is 0. The van der Waals surface area contributed by atoms with Gasteiger partial charge in [0.25, 0.3) is 0 Å². The van der Waals surface area contributed by atoms with E-state index in [1.54, 1.807) is 0 Å². The Bertz CT molecular complexity index is 431. The second kappa shape index (κ2) is 2.96. The Morgan fingerprint density at radius 3 is 2.83 bits per heavy atom. The number of ether oxygens (including phenoxy) is 1. The number of carbonyl (C=O) groups excluding carboxylic acids is 1. The Balaban J connectivity index is 1.52. The van der Waals surface area contributed by atoms with Crippen LogP contribution in [-0.4, -0.2) is 12.6 Å². The van der Waals surface area contributed by atoms with Gasteiger partial charge in [0.15, 0.2) is 0 Å². The van der Waals surface area contributed by atoms with Crippen molar-refractivity contribution < 1.29 is 9.53 Å². The molecule has 0 aromatic rings. The molecule has 98 valence electrons. The number of fused-ring (bicyclic) bond motifs is 10. The van der Waals surface area contributed by atoms with Crippen molar-refractivity contribution in [2.24, 2.45) is 46.8 Å². The summed E-state index contributed by atoms with van der Waals surface area (Å²) in [5.74, 6) is 6.87. The minimum Gasteiger partial charge on any atom is -0.465 e. The molecule has 2 heteroatoms. The molecule has 5 aliphatic rings. The van der Waals surface area contributed by atoms with E-state index in [2.05, 4.69) is 6.92 Å². The normalized spacial score (nSPS) is 63.8. The lowest BCUT2D eigenvalue weighted by molar-refractivity contribution is -0.137. The quantitative estimate of drug-likeness (QED) is 0.485. The van der Waals surface area contributed by atoms with Crippen LogP contribution in [0.5, 0.6) is 0 Å². The lowest BCUT2D eigenvalue weighted by Gasteiger charge is -2.44. The zero-order valence-electron chi connectivity index (χ0n) is 11.1. The van der Waals surface area contributed by atoms with E-state index in [4.69, 9.17) is 4.74 Å². The molecule has 0 amide bonds. The molecule has 2 nitrogen and oxygen atoms in total. The lowest BCUT2D eigenvalue weighted by atomic mass is 9.59. The van der Waals surface area contributed by atoms with Gasteiger partial charge < -0.3 is 4.74 Å². The molecule has 0 N–H and O–H groups in total. The van der Waals surface area contributed by atoms with Gasteiger partial charge in [-0.15, -0.1) is 0 Å². The van der Waals surface area contributed by atoms with E-state index in [-0.39, 0.29) is 11.4 Å². The second-order valence-corrected chi connectivity index (χ2v) is 8.03. The van der Waals surface area contributed by atoms with Crippen molar-refractivity contribution in [3.8, 4) is 0 Å². The molecule has 7 unspecified atom stereocenters. The zero-order valence-corrected chi connectivity index (χ0v) is 11.1. The van der Waals surface area contributed by atoms with Crippen LogP contribution in [-0.2, 0) is 9.53 Å². The molecule has 1 aliphatic heterocycles. The van der Waals surface area contributed by atoms with E-state index in [0.717, 1.165) is 54.5 Å². The predicted molar refractivity (Wildman–Crippen MR) is 66.6 cm³/mol. The first-order valence-corrected chi connectivity index (χ1v) is 7.83. The highest BCUT2D eigenvalue weighted by Gasteiger charge is 2.69. The third-order valence-corrected chi connectivity index (χ3v) is 7.50.